The number of carbonyl (C=O) groups excluding carboxylic acids is 1. The fourth-order valence-electron chi connectivity index (χ4n) is 3.89. The molecule has 1 aromatic heterocycles. The molecule has 0 spiro atoms. The summed E-state index contributed by atoms with van der Waals surface area (Å²) in [4.78, 5) is 12.4. The molecule has 0 bridgehead atoms. The summed E-state index contributed by atoms with van der Waals surface area (Å²) in [7, 11) is 0. The summed E-state index contributed by atoms with van der Waals surface area (Å²) in [5.74, 6) is -0.890. The van der Waals surface area contributed by atoms with Crippen molar-refractivity contribution in [3.63, 3.8) is 0 Å². The zero-order valence-corrected chi connectivity index (χ0v) is 17.5. The van der Waals surface area contributed by atoms with Crippen LogP contribution in [-0.4, -0.2) is 16.1 Å². The molecule has 4 nitrogen and oxygen atoms in total. The van der Waals surface area contributed by atoms with Gasteiger partial charge in [0.25, 0.3) is 5.91 Å². The number of halogens is 4. The Kier molecular flexibility index (Phi) is 5.79. The van der Waals surface area contributed by atoms with Gasteiger partial charge in [0.2, 0.25) is 0 Å². The number of nitrogens with zero attached hydrogens (tertiary/aromatic N) is 1. The van der Waals surface area contributed by atoms with E-state index in [1.54, 1.807) is 17.2 Å². The number of nitrogens with one attached hydrogen (secondary N) is 2. The van der Waals surface area contributed by atoms with Crippen molar-refractivity contribution in [1.29, 1.82) is 0 Å². The Bertz CT molecular complexity index is 1110. The van der Waals surface area contributed by atoms with Gasteiger partial charge in [-0.2, -0.15) is 18.3 Å². The molecule has 32 heavy (non-hydrogen) atoms. The monoisotopic (exact) mass is 445 g/mol. The van der Waals surface area contributed by atoms with E-state index < -0.39 is 34.7 Å². The van der Waals surface area contributed by atoms with E-state index in [-0.39, 0.29) is 5.69 Å². The molecule has 0 aliphatic heterocycles. The zero-order valence-electron chi connectivity index (χ0n) is 17.5. The smallest absolute Gasteiger partial charge is 0.318 e. The second-order valence-corrected chi connectivity index (χ2v) is 8.49. The third kappa shape index (κ3) is 4.69. The molecule has 168 valence electrons. The summed E-state index contributed by atoms with van der Waals surface area (Å²) < 4.78 is 52.8. The van der Waals surface area contributed by atoms with Crippen molar-refractivity contribution in [2.75, 3.05) is 5.32 Å². The Hall–Kier alpha value is -3.16. The molecule has 3 aromatic rings. The number of rotatable bonds is 7. The number of carbonyl (C=O) groups is 1. The van der Waals surface area contributed by atoms with Crippen molar-refractivity contribution in [2.45, 2.75) is 44.2 Å². The van der Waals surface area contributed by atoms with E-state index in [1.807, 2.05) is 30.3 Å². The second-order valence-electron chi connectivity index (χ2n) is 8.49. The van der Waals surface area contributed by atoms with Crippen LogP contribution in [0.2, 0.25) is 0 Å². The highest BCUT2D eigenvalue weighted by atomic mass is 19.4. The zero-order chi connectivity index (χ0) is 22.9. The van der Waals surface area contributed by atoms with E-state index in [0.29, 0.717) is 12.0 Å². The Labute approximate surface area is 183 Å². The van der Waals surface area contributed by atoms with Crippen molar-refractivity contribution in [1.82, 2.24) is 10.2 Å². The van der Waals surface area contributed by atoms with Crippen LogP contribution in [0.15, 0.2) is 54.6 Å². The van der Waals surface area contributed by atoms with Gasteiger partial charge in [0.1, 0.15) is 11.5 Å². The largest absolute Gasteiger partial charge is 0.432 e. The molecule has 1 saturated carbocycles. The average molecular weight is 445 g/mol. The standard InChI is InChI=1S/C24H23F4N3O/c1-23(12-11-15-7-8-15,16-5-3-2-4-6-16)17-9-10-18(25)19(13-17)29-22(32)20-14-21(31-30-20)24(26,27)28/h2-6,9-10,13-15H,7-8,11-12H2,1H3,(H,29,32)(H,30,31). The lowest BCUT2D eigenvalue weighted by Crippen LogP contribution is -2.24. The van der Waals surface area contributed by atoms with Crippen LogP contribution in [0, 0.1) is 11.7 Å². The Morgan fingerprint density at radius 1 is 1.09 bits per heavy atom. The molecule has 1 fully saturated rings. The number of hydrogen-bond donors (Lipinski definition) is 2. The molecular weight excluding hydrogens is 422 g/mol. The number of hydrogen-bond acceptors (Lipinski definition) is 2. The minimum Gasteiger partial charge on any atom is -0.318 e. The number of benzene rings is 2. The third-order valence-electron chi connectivity index (χ3n) is 6.13. The summed E-state index contributed by atoms with van der Waals surface area (Å²) >= 11 is 0. The van der Waals surface area contributed by atoms with Gasteiger partial charge in [0.05, 0.1) is 5.69 Å². The van der Waals surface area contributed by atoms with Crippen molar-refractivity contribution in [3.8, 4) is 0 Å². The Morgan fingerprint density at radius 2 is 1.81 bits per heavy atom. The van der Waals surface area contributed by atoms with Gasteiger partial charge in [-0.25, -0.2) is 4.39 Å². The molecule has 1 amide bonds. The van der Waals surface area contributed by atoms with Gasteiger partial charge in [-0.3, -0.25) is 9.89 Å². The summed E-state index contributed by atoms with van der Waals surface area (Å²) in [6.07, 6.45) is -0.318. The lowest BCUT2D eigenvalue weighted by Gasteiger charge is -2.32. The summed E-state index contributed by atoms with van der Waals surface area (Å²) in [6.45, 7) is 2.09. The van der Waals surface area contributed by atoms with Crippen LogP contribution in [0.1, 0.15) is 59.9 Å². The predicted molar refractivity (Wildman–Crippen MR) is 113 cm³/mol. The highest BCUT2D eigenvalue weighted by Gasteiger charge is 2.35. The number of alkyl halides is 3. The third-order valence-corrected chi connectivity index (χ3v) is 6.13. The normalized spacial score (nSPS) is 15.9. The highest BCUT2D eigenvalue weighted by molar-refractivity contribution is 6.03. The highest BCUT2D eigenvalue weighted by Crippen LogP contribution is 2.43. The molecular formula is C24H23F4N3O. The van der Waals surface area contributed by atoms with Crippen molar-refractivity contribution >= 4 is 11.6 Å². The molecule has 2 aromatic carbocycles. The maximum atomic E-state index is 14.5. The SMILES string of the molecule is CC(CCC1CC1)(c1ccccc1)c1ccc(F)c(NC(=O)c2cc(C(F)(F)F)[nH]n2)c1. The topological polar surface area (TPSA) is 57.8 Å². The lowest BCUT2D eigenvalue weighted by atomic mass is 9.72. The fraction of sp³-hybridized carbons (Fsp3) is 0.333. The van der Waals surface area contributed by atoms with Gasteiger partial charge in [-0.1, -0.05) is 56.2 Å². The van der Waals surface area contributed by atoms with E-state index in [4.69, 9.17) is 0 Å². The van der Waals surface area contributed by atoms with Crippen LogP contribution in [0.5, 0.6) is 0 Å². The summed E-state index contributed by atoms with van der Waals surface area (Å²) in [5, 5.41) is 7.56. The van der Waals surface area contributed by atoms with Gasteiger partial charge in [0.15, 0.2) is 5.69 Å². The maximum Gasteiger partial charge on any atom is 0.432 e. The van der Waals surface area contributed by atoms with Crippen molar-refractivity contribution in [3.05, 3.63) is 82.9 Å². The minimum absolute atomic E-state index is 0.0994. The van der Waals surface area contributed by atoms with Crippen molar-refractivity contribution < 1.29 is 22.4 Å². The van der Waals surface area contributed by atoms with Gasteiger partial charge in [0, 0.05) is 11.5 Å². The Balaban J connectivity index is 1.63. The molecule has 4 rings (SSSR count). The van der Waals surface area contributed by atoms with E-state index >= 15 is 0 Å². The van der Waals surface area contributed by atoms with E-state index in [1.165, 1.54) is 18.9 Å². The molecule has 8 heteroatoms. The molecule has 1 atom stereocenters. The molecule has 0 radical (unpaired) electrons. The first kappa shape index (κ1) is 22.0. The van der Waals surface area contributed by atoms with Gasteiger partial charge < -0.3 is 5.32 Å². The molecule has 1 heterocycles. The second kappa shape index (κ2) is 8.41. The molecule has 2 N–H and O–H groups in total. The van der Waals surface area contributed by atoms with Gasteiger partial charge >= 0.3 is 6.18 Å². The number of H-pyrrole nitrogens is 1. The maximum absolute atomic E-state index is 14.5. The summed E-state index contributed by atoms with van der Waals surface area (Å²) in [5.41, 5.74) is -0.231. The Morgan fingerprint density at radius 3 is 2.44 bits per heavy atom. The number of aromatic amines is 1. The van der Waals surface area contributed by atoms with Crippen molar-refractivity contribution in [2.24, 2.45) is 5.92 Å². The number of aromatic nitrogens is 2. The van der Waals surface area contributed by atoms with Crippen LogP contribution in [-0.2, 0) is 11.6 Å². The average Bonchev–Trinajstić information content (AvgIpc) is 3.45. The predicted octanol–water partition coefficient (Wildman–Crippen LogP) is 6.32. The van der Waals surface area contributed by atoms with Crippen LogP contribution < -0.4 is 5.32 Å². The first-order valence-corrected chi connectivity index (χ1v) is 10.5. The minimum atomic E-state index is -4.66. The molecule has 1 aliphatic rings. The van der Waals surface area contributed by atoms with Gasteiger partial charge in [-0.05, 0) is 42.0 Å². The quantitative estimate of drug-likeness (QED) is 0.419. The van der Waals surface area contributed by atoms with Gasteiger partial charge in [-0.15, -0.1) is 0 Å². The molecule has 1 aliphatic carbocycles. The molecule has 1 unspecified atom stereocenters. The van der Waals surface area contributed by atoms with E-state index in [2.05, 4.69) is 17.3 Å². The van der Waals surface area contributed by atoms with Crippen LogP contribution in [0.3, 0.4) is 0 Å². The fourth-order valence-corrected chi connectivity index (χ4v) is 3.89. The summed E-state index contributed by atoms with van der Waals surface area (Å²) in [6, 6.07) is 15.0. The molecule has 0 saturated heterocycles. The first-order chi connectivity index (χ1) is 15.2. The van der Waals surface area contributed by atoms with Crippen LogP contribution >= 0.6 is 0 Å². The first-order valence-electron chi connectivity index (χ1n) is 10.5. The van der Waals surface area contributed by atoms with E-state index in [9.17, 15) is 22.4 Å². The number of anilines is 1. The lowest BCUT2D eigenvalue weighted by molar-refractivity contribution is -0.141. The van der Waals surface area contributed by atoms with E-state index in [0.717, 1.165) is 24.0 Å². The van der Waals surface area contributed by atoms with Crippen LogP contribution in [0.25, 0.3) is 0 Å². The van der Waals surface area contributed by atoms with Crippen LogP contribution in [0.4, 0.5) is 23.2 Å². The number of amides is 1.